The van der Waals surface area contributed by atoms with Crippen molar-refractivity contribution in [2.45, 2.75) is 12.5 Å². The van der Waals surface area contributed by atoms with Crippen molar-refractivity contribution in [2.75, 3.05) is 20.1 Å². The van der Waals surface area contributed by atoms with Crippen molar-refractivity contribution in [1.29, 1.82) is 0 Å². The molecular weight excluding hydrogens is 176 g/mol. The Bertz CT molecular complexity index is 424. The lowest BCUT2D eigenvalue weighted by molar-refractivity contribution is 0.378. The first-order valence-electron chi connectivity index (χ1n) is 5.14. The van der Waals surface area contributed by atoms with Crippen LogP contribution in [0.5, 0.6) is 0 Å². The van der Waals surface area contributed by atoms with E-state index in [4.69, 9.17) is 0 Å². The number of hydrogen-bond acceptors (Lipinski definition) is 2. The van der Waals surface area contributed by atoms with Gasteiger partial charge in [-0.2, -0.15) is 0 Å². The highest BCUT2D eigenvalue weighted by molar-refractivity contribution is 5.20. The minimum absolute atomic E-state index is 0.166. The normalized spacial score (nSPS) is 30.4. The van der Waals surface area contributed by atoms with E-state index in [1.54, 1.807) is 6.07 Å². The van der Waals surface area contributed by atoms with Crippen LogP contribution in [0.2, 0.25) is 0 Å². The number of likely N-dealkylation sites (tertiary alicyclic amines) is 1. The zero-order valence-corrected chi connectivity index (χ0v) is 8.31. The molecule has 2 aliphatic rings. The minimum atomic E-state index is 0.166. The maximum atomic E-state index is 11.6. The highest BCUT2D eigenvalue weighted by atomic mass is 16.1. The van der Waals surface area contributed by atoms with Gasteiger partial charge in [0.2, 0.25) is 0 Å². The minimum Gasteiger partial charge on any atom is -0.312 e. The summed E-state index contributed by atoms with van der Waals surface area (Å²) >= 11 is 0. The predicted octanol–water partition coefficient (Wildman–Crippen LogP) is 0.507. The van der Waals surface area contributed by atoms with Crippen LogP contribution in [-0.4, -0.2) is 29.6 Å². The van der Waals surface area contributed by atoms with Crippen molar-refractivity contribution in [1.82, 2.24) is 9.47 Å². The molecule has 0 bridgehead atoms. The quantitative estimate of drug-likeness (QED) is 0.595. The Hall–Kier alpha value is -1.09. The van der Waals surface area contributed by atoms with Gasteiger partial charge in [0.1, 0.15) is 0 Å². The van der Waals surface area contributed by atoms with Crippen molar-refractivity contribution in [3.05, 3.63) is 34.2 Å². The molecule has 1 fully saturated rings. The molecule has 0 aliphatic carbocycles. The molecule has 0 saturated carbocycles. The highest BCUT2D eigenvalue weighted by Crippen LogP contribution is 2.37. The summed E-state index contributed by atoms with van der Waals surface area (Å²) in [6.45, 7) is 3.16. The van der Waals surface area contributed by atoms with E-state index in [9.17, 15) is 4.79 Å². The molecule has 0 N–H and O–H groups in total. The van der Waals surface area contributed by atoms with E-state index in [2.05, 4.69) is 18.0 Å². The number of rotatable bonds is 0. The van der Waals surface area contributed by atoms with Crippen LogP contribution in [0.15, 0.2) is 23.0 Å². The third-order valence-electron chi connectivity index (χ3n) is 3.50. The summed E-state index contributed by atoms with van der Waals surface area (Å²) < 4.78 is 1.95. The molecule has 1 aromatic heterocycles. The molecule has 0 amide bonds. The highest BCUT2D eigenvalue weighted by Gasteiger charge is 2.38. The number of fused-ring (bicyclic) bond motifs is 3. The van der Waals surface area contributed by atoms with Crippen molar-refractivity contribution < 1.29 is 0 Å². The monoisotopic (exact) mass is 190 g/mol. The number of aromatic nitrogens is 1. The molecule has 0 aromatic carbocycles. The standard InChI is InChI=1S/C11H14N2O/c1-12-5-8-6-13-10(9(8)7-12)3-2-4-11(13)14/h2-4,8-9H,5-7H2,1H3. The molecule has 1 aromatic rings. The first-order valence-corrected chi connectivity index (χ1v) is 5.14. The molecular formula is C11H14N2O. The lowest BCUT2D eigenvalue weighted by Crippen LogP contribution is -2.23. The van der Waals surface area contributed by atoms with Gasteiger partial charge in [0.15, 0.2) is 0 Å². The molecule has 3 heteroatoms. The van der Waals surface area contributed by atoms with E-state index >= 15 is 0 Å². The van der Waals surface area contributed by atoms with Gasteiger partial charge >= 0.3 is 0 Å². The van der Waals surface area contributed by atoms with Gasteiger partial charge in [-0.15, -0.1) is 0 Å². The second-order valence-electron chi connectivity index (χ2n) is 4.49. The van der Waals surface area contributed by atoms with Crippen molar-refractivity contribution in [3.63, 3.8) is 0 Å². The van der Waals surface area contributed by atoms with Crippen LogP contribution in [0.3, 0.4) is 0 Å². The van der Waals surface area contributed by atoms with Crippen molar-refractivity contribution in [3.8, 4) is 0 Å². The van der Waals surface area contributed by atoms with Crippen LogP contribution < -0.4 is 5.56 Å². The van der Waals surface area contributed by atoms with Crippen molar-refractivity contribution >= 4 is 0 Å². The second-order valence-corrected chi connectivity index (χ2v) is 4.49. The third kappa shape index (κ3) is 0.989. The lowest BCUT2D eigenvalue weighted by Gasteiger charge is -2.11. The number of pyridine rings is 1. The Kier molecular flexibility index (Phi) is 1.59. The SMILES string of the molecule is CN1CC2Cn3c(cccc3=O)C2C1. The number of nitrogens with zero attached hydrogens (tertiary/aromatic N) is 2. The lowest BCUT2D eigenvalue weighted by atomic mass is 9.97. The first kappa shape index (κ1) is 8.24. The van der Waals surface area contributed by atoms with E-state index < -0.39 is 0 Å². The summed E-state index contributed by atoms with van der Waals surface area (Å²) in [4.78, 5) is 13.9. The zero-order chi connectivity index (χ0) is 9.71. The van der Waals surface area contributed by atoms with Gasteiger partial charge in [0.25, 0.3) is 5.56 Å². The molecule has 0 spiro atoms. The Morgan fingerprint density at radius 2 is 2.14 bits per heavy atom. The molecule has 3 nitrogen and oxygen atoms in total. The molecule has 74 valence electrons. The molecule has 3 heterocycles. The van der Waals surface area contributed by atoms with Crippen molar-refractivity contribution in [2.24, 2.45) is 5.92 Å². The zero-order valence-electron chi connectivity index (χ0n) is 8.31. The first-order chi connectivity index (χ1) is 6.75. The fourth-order valence-electron chi connectivity index (χ4n) is 2.90. The molecule has 3 rings (SSSR count). The largest absolute Gasteiger partial charge is 0.312 e. The molecule has 1 saturated heterocycles. The number of likely N-dealkylation sites (N-methyl/N-ethyl adjacent to an activating group) is 1. The van der Waals surface area contributed by atoms with Crippen LogP contribution in [0.1, 0.15) is 11.6 Å². The molecule has 14 heavy (non-hydrogen) atoms. The van der Waals surface area contributed by atoms with Crippen LogP contribution >= 0.6 is 0 Å². The maximum Gasteiger partial charge on any atom is 0.250 e. The van der Waals surface area contributed by atoms with Gasteiger partial charge in [-0.25, -0.2) is 0 Å². The Balaban J connectivity index is 2.10. The van der Waals surface area contributed by atoms with Crippen LogP contribution in [-0.2, 0) is 6.54 Å². The van der Waals surface area contributed by atoms with Gasteiger partial charge in [-0.05, 0) is 19.0 Å². The smallest absolute Gasteiger partial charge is 0.250 e. The maximum absolute atomic E-state index is 11.6. The summed E-state index contributed by atoms with van der Waals surface area (Å²) in [5.41, 5.74) is 1.41. The van der Waals surface area contributed by atoms with Crippen LogP contribution in [0.4, 0.5) is 0 Å². The molecule has 2 atom stereocenters. The summed E-state index contributed by atoms with van der Waals surface area (Å²) in [5.74, 6) is 1.25. The molecule has 2 aliphatic heterocycles. The van der Waals surface area contributed by atoms with Gasteiger partial charge in [-0.3, -0.25) is 4.79 Å². The van der Waals surface area contributed by atoms with Gasteiger partial charge in [0.05, 0.1) is 0 Å². The van der Waals surface area contributed by atoms with Crippen LogP contribution in [0, 0.1) is 5.92 Å². The van der Waals surface area contributed by atoms with E-state index in [1.165, 1.54) is 5.69 Å². The van der Waals surface area contributed by atoms with E-state index in [1.807, 2.05) is 10.6 Å². The van der Waals surface area contributed by atoms with E-state index in [0.29, 0.717) is 11.8 Å². The summed E-state index contributed by atoms with van der Waals surface area (Å²) in [6.07, 6.45) is 0. The van der Waals surface area contributed by atoms with Gasteiger partial charge in [0, 0.05) is 37.3 Å². The fraction of sp³-hybridized carbons (Fsp3) is 0.545. The predicted molar refractivity (Wildman–Crippen MR) is 54.4 cm³/mol. The van der Waals surface area contributed by atoms with E-state index in [-0.39, 0.29) is 5.56 Å². The Labute approximate surface area is 83.0 Å². The summed E-state index contributed by atoms with van der Waals surface area (Å²) in [5, 5.41) is 0. The molecule has 2 unspecified atom stereocenters. The average molecular weight is 190 g/mol. The summed E-state index contributed by atoms with van der Waals surface area (Å²) in [6, 6.07) is 5.65. The van der Waals surface area contributed by atoms with E-state index in [0.717, 1.165) is 19.6 Å². The number of hydrogen-bond donors (Lipinski definition) is 0. The fourth-order valence-corrected chi connectivity index (χ4v) is 2.90. The van der Waals surface area contributed by atoms with Gasteiger partial charge < -0.3 is 9.47 Å². The Morgan fingerprint density at radius 3 is 3.00 bits per heavy atom. The second kappa shape index (κ2) is 2.70. The summed E-state index contributed by atoms with van der Waals surface area (Å²) in [7, 11) is 2.16. The topological polar surface area (TPSA) is 25.2 Å². The van der Waals surface area contributed by atoms with Crippen LogP contribution in [0.25, 0.3) is 0 Å². The third-order valence-corrected chi connectivity index (χ3v) is 3.50. The Morgan fingerprint density at radius 1 is 1.29 bits per heavy atom. The van der Waals surface area contributed by atoms with Gasteiger partial charge in [-0.1, -0.05) is 6.07 Å². The molecule has 0 radical (unpaired) electrons. The average Bonchev–Trinajstić information content (AvgIpc) is 2.63.